The summed E-state index contributed by atoms with van der Waals surface area (Å²) in [6.45, 7) is 0. The van der Waals surface area contributed by atoms with Crippen molar-refractivity contribution in [2.24, 2.45) is 0 Å². The summed E-state index contributed by atoms with van der Waals surface area (Å²) in [5.74, 6) is 0.734. The number of H-pyrrole nitrogens is 1. The van der Waals surface area contributed by atoms with Crippen LogP contribution in [0.4, 0.5) is 5.69 Å². The van der Waals surface area contributed by atoms with E-state index in [1.807, 2.05) is 62.6 Å². The molecule has 0 aliphatic heterocycles. The van der Waals surface area contributed by atoms with Crippen molar-refractivity contribution in [1.82, 2.24) is 4.98 Å². The van der Waals surface area contributed by atoms with E-state index < -0.39 is 0 Å². The number of hydrogen-bond donors (Lipinski definition) is 1. The van der Waals surface area contributed by atoms with Gasteiger partial charge in [0.2, 0.25) is 0 Å². The maximum atomic E-state index is 5.95. The fraction of sp³-hybridized carbons (Fsp3) is 0.118. The van der Waals surface area contributed by atoms with Crippen LogP contribution in [0.15, 0.2) is 52.9 Å². The van der Waals surface area contributed by atoms with E-state index in [1.54, 1.807) is 0 Å². The molecule has 0 aliphatic carbocycles. The molecular weight excluding hydrogens is 316 g/mol. The fourth-order valence-electron chi connectivity index (χ4n) is 2.26. The molecule has 3 aromatic rings. The Morgan fingerprint density at radius 3 is 2.14 bits per heavy atom. The van der Waals surface area contributed by atoms with Crippen LogP contribution in [-0.4, -0.2) is 19.1 Å². The van der Waals surface area contributed by atoms with Crippen molar-refractivity contribution in [3.8, 4) is 22.6 Å². The van der Waals surface area contributed by atoms with Gasteiger partial charge < -0.3 is 14.3 Å². The summed E-state index contributed by atoms with van der Waals surface area (Å²) in [7, 11) is 4.02. The number of halogens is 1. The van der Waals surface area contributed by atoms with Crippen molar-refractivity contribution in [1.29, 1.82) is 0 Å². The monoisotopic (exact) mass is 330 g/mol. The van der Waals surface area contributed by atoms with E-state index in [4.69, 9.17) is 28.2 Å². The first-order valence-electron chi connectivity index (χ1n) is 6.81. The van der Waals surface area contributed by atoms with Crippen LogP contribution in [0.1, 0.15) is 0 Å². The molecule has 0 saturated carbocycles. The molecule has 1 aromatic heterocycles. The average molecular weight is 331 g/mol. The predicted octanol–water partition coefficient (Wildman–Crippen LogP) is 5.39. The van der Waals surface area contributed by atoms with E-state index >= 15 is 0 Å². The largest absolute Gasteiger partial charge is 0.429 e. The van der Waals surface area contributed by atoms with E-state index in [9.17, 15) is 0 Å². The van der Waals surface area contributed by atoms with Crippen LogP contribution in [0.5, 0.6) is 0 Å². The third kappa shape index (κ3) is 2.93. The SMILES string of the molecule is CN(C)c1ccc(-c2oc(=S)[nH]c2-c2ccc(Cl)cc2)cc1. The number of oxazole rings is 1. The Balaban J connectivity index is 2.08. The molecule has 0 radical (unpaired) electrons. The van der Waals surface area contributed by atoms with Gasteiger partial charge in [-0.15, -0.1) is 0 Å². The van der Waals surface area contributed by atoms with Gasteiger partial charge in [-0.25, -0.2) is 0 Å². The first-order valence-corrected chi connectivity index (χ1v) is 7.60. The number of anilines is 1. The Kier molecular flexibility index (Phi) is 4.05. The molecule has 0 aliphatic rings. The fourth-order valence-corrected chi connectivity index (χ4v) is 2.57. The van der Waals surface area contributed by atoms with Crippen LogP contribution < -0.4 is 4.90 Å². The van der Waals surface area contributed by atoms with Crippen molar-refractivity contribution >= 4 is 29.5 Å². The van der Waals surface area contributed by atoms with Crippen LogP contribution in [-0.2, 0) is 0 Å². The number of rotatable bonds is 3. The van der Waals surface area contributed by atoms with E-state index in [0.717, 1.165) is 28.3 Å². The standard InChI is InChI=1S/C17H15ClN2OS/c1-20(2)14-9-5-12(6-10-14)16-15(19-17(22)21-16)11-3-7-13(18)8-4-11/h3-10H,1-2H3,(H,19,22). The third-order valence-corrected chi connectivity index (χ3v) is 3.87. The Bertz CT molecular complexity index is 832. The summed E-state index contributed by atoms with van der Waals surface area (Å²) < 4.78 is 5.70. The van der Waals surface area contributed by atoms with Gasteiger partial charge in [-0.1, -0.05) is 23.7 Å². The summed E-state index contributed by atoms with van der Waals surface area (Å²) in [6.07, 6.45) is 0. The molecule has 0 atom stereocenters. The van der Waals surface area contributed by atoms with E-state index in [1.165, 1.54) is 0 Å². The van der Waals surface area contributed by atoms with Gasteiger partial charge >= 0.3 is 0 Å². The minimum atomic E-state index is 0.358. The first kappa shape index (κ1) is 14.9. The topological polar surface area (TPSA) is 32.2 Å². The zero-order valence-electron chi connectivity index (χ0n) is 12.3. The van der Waals surface area contributed by atoms with Crippen molar-refractivity contribution in [2.45, 2.75) is 0 Å². The minimum absolute atomic E-state index is 0.358. The minimum Gasteiger partial charge on any atom is -0.429 e. The lowest BCUT2D eigenvalue weighted by Gasteiger charge is -2.12. The highest BCUT2D eigenvalue weighted by Crippen LogP contribution is 2.33. The van der Waals surface area contributed by atoms with Gasteiger partial charge in [0.05, 0.1) is 5.69 Å². The highest BCUT2D eigenvalue weighted by molar-refractivity contribution is 7.71. The number of hydrogen-bond acceptors (Lipinski definition) is 3. The molecule has 5 heteroatoms. The van der Waals surface area contributed by atoms with Gasteiger partial charge in [0.15, 0.2) is 5.76 Å². The second kappa shape index (κ2) is 5.99. The van der Waals surface area contributed by atoms with Gasteiger partial charge in [-0.3, -0.25) is 0 Å². The van der Waals surface area contributed by atoms with Crippen LogP contribution in [0.3, 0.4) is 0 Å². The molecular formula is C17H15ClN2OS. The van der Waals surface area contributed by atoms with Gasteiger partial charge in [-0.05, 0) is 48.6 Å². The summed E-state index contributed by atoms with van der Waals surface area (Å²) in [6, 6.07) is 15.7. The summed E-state index contributed by atoms with van der Waals surface area (Å²) >= 11 is 11.1. The molecule has 22 heavy (non-hydrogen) atoms. The Hall–Kier alpha value is -2.04. The molecule has 0 saturated heterocycles. The molecule has 3 nitrogen and oxygen atoms in total. The van der Waals surface area contributed by atoms with Gasteiger partial charge in [0.1, 0.15) is 0 Å². The Labute approximate surface area is 139 Å². The highest BCUT2D eigenvalue weighted by atomic mass is 35.5. The second-order valence-corrected chi connectivity index (χ2v) is 5.97. The number of nitrogens with zero attached hydrogens (tertiary/aromatic N) is 1. The molecule has 1 heterocycles. The molecule has 112 valence electrons. The average Bonchev–Trinajstić information content (AvgIpc) is 2.90. The zero-order chi connectivity index (χ0) is 15.7. The van der Waals surface area contributed by atoms with E-state index in [2.05, 4.69) is 9.88 Å². The predicted molar refractivity (Wildman–Crippen MR) is 94.1 cm³/mol. The van der Waals surface area contributed by atoms with Gasteiger partial charge in [0.25, 0.3) is 4.84 Å². The molecule has 3 rings (SSSR count). The summed E-state index contributed by atoms with van der Waals surface area (Å²) in [4.78, 5) is 5.52. The van der Waals surface area contributed by atoms with Crippen molar-refractivity contribution in [3.63, 3.8) is 0 Å². The quantitative estimate of drug-likeness (QED) is 0.653. The molecule has 1 N–H and O–H groups in total. The van der Waals surface area contributed by atoms with E-state index in [-0.39, 0.29) is 0 Å². The van der Waals surface area contributed by atoms with Crippen LogP contribution in [0.2, 0.25) is 5.02 Å². The maximum absolute atomic E-state index is 5.95. The number of nitrogens with one attached hydrogen (secondary N) is 1. The number of aromatic amines is 1. The molecule has 0 unspecified atom stereocenters. The van der Waals surface area contributed by atoms with Gasteiger partial charge in [0, 0.05) is 35.9 Å². The normalized spacial score (nSPS) is 10.7. The first-order chi connectivity index (χ1) is 10.5. The number of aromatic nitrogens is 1. The Morgan fingerprint density at radius 1 is 0.955 bits per heavy atom. The lowest BCUT2D eigenvalue weighted by molar-refractivity contribution is 0.554. The molecule has 0 bridgehead atoms. The Morgan fingerprint density at radius 2 is 1.55 bits per heavy atom. The molecule has 0 fully saturated rings. The van der Waals surface area contributed by atoms with Crippen LogP contribution in [0, 0.1) is 4.84 Å². The third-order valence-electron chi connectivity index (χ3n) is 3.43. The van der Waals surface area contributed by atoms with Crippen molar-refractivity contribution < 1.29 is 4.42 Å². The highest BCUT2D eigenvalue weighted by Gasteiger charge is 2.13. The molecule has 0 spiro atoms. The van der Waals surface area contributed by atoms with Crippen molar-refractivity contribution in [3.05, 3.63) is 58.4 Å². The van der Waals surface area contributed by atoms with Crippen molar-refractivity contribution in [2.75, 3.05) is 19.0 Å². The molecule has 2 aromatic carbocycles. The van der Waals surface area contributed by atoms with Crippen LogP contribution >= 0.6 is 23.8 Å². The zero-order valence-corrected chi connectivity index (χ0v) is 13.8. The second-order valence-electron chi connectivity index (χ2n) is 5.17. The smallest absolute Gasteiger partial charge is 0.266 e. The number of benzene rings is 2. The maximum Gasteiger partial charge on any atom is 0.266 e. The van der Waals surface area contributed by atoms with Crippen LogP contribution in [0.25, 0.3) is 22.6 Å². The summed E-state index contributed by atoms with van der Waals surface area (Å²) in [5.41, 5.74) is 3.95. The van der Waals surface area contributed by atoms with E-state index in [0.29, 0.717) is 9.86 Å². The van der Waals surface area contributed by atoms with Gasteiger partial charge in [-0.2, -0.15) is 0 Å². The molecule has 0 amide bonds. The summed E-state index contributed by atoms with van der Waals surface area (Å²) in [5, 5.41) is 0.697. The lowest BCUT2D eigenvalue weighted by atomic mass is 10.1. The lowest BCUT2D eigenvalue weighted by Crippen LogP contribution is -2.07.